The first-order chi connectivity index (χ1) is 15.7. The van der Waals surface area contributed by atoms with Gasteiger partial charge in [0.2, 0.25) is 5.60 Å². The van der Waals surface area contributed by atoms with Crippen LogP contribution in [0.1, 0.15) is 30.5 Å². The summed E-state index contributed by atoms with van der Waals surface area (Å²) in [6.45, 7) is 3.81. The van der Waals surface area contributed by atoms with Gasteiger partial charge in [0, 0.05) is 6.42 Å². The van der Waals surface area contributed by atoms with Gasteiger partial charge in [-0.25, -0.2) is 4.79 Å². The standard InChI is InChI=1S/C26H25F3O4/c1-3-31-24(30)25(2,33-23-15-11-21(12-16-23)26(27,28)29)17-19-9-13-22(14-10-19)32-18-20-7-5-4-6-8-20/h4-16H,3,17-18H2,1-2H3. The number of hydrogen-bond acceptors (Lipinski definition) is 4. The SMILES string of the molecule is CCOC(=O)C(C)(Cc1ccc(OCc2ccccc2)cc1)Oc1ccc(C(F)(F)F)cc1. The third-order valence-corrected chi connectivity index (χ3v) is 4.95. The minimum absolute atomic E-state index is 0.140. The molecule has 0 saturated carbocycles. The van der Waals surface area contributed by atoms with E-state index in [1.54, 1.807) is 26.0 Å². The van der Waals surface area contributed by atoms with Crippen LogP contribution in [0.5, 0.6) is 11.5 Å². The lowest BCUT2D eigenvalue weighted by Crippen LogP contribution is -2.45. The highest BCUT2D eigenvalue weighted by Gasteiger charge is 2.38. The van der Waals surface area contributed by atoms with Gasteiger partial charge in [-0.3, -0.25) is 0 Å². The first kappa shape index (κ1) is 24.2. The summed E-state index contributed by atoms with van der Waals surface area (Å²) >= 11 is 0. The molecule has 3 aromatic rings. The van der Waals surface area contributed by atoms with Crippen molar-refractivity contribution in [2.24, 2.45) is 0 Å². The summed E-state index contributed by atoms with van der Waals surface area (Å²) in [6.07, 6.45) is -4.29. The summed E-state index contributed by atoms with van der Waals surface area (Å²) in [6, 6.07) is 21.2. The van der Waals surface area contributed by atoms with E-state index in [1.165, 1.54) is 12.1 Å². The van der Waals surface area contributed by atoms with E-state index in [9.17, 15) is 18.0 Å². The Morgan fingerprint density at radius 3 is 2.00 bits per heavy atom. The molecule has 174 valence electrons. The van der Waals surface area contributed by atoms with Gasteiger partial charge in [0.15, 0.2) is 0 Å². The lowest BCUT2D eigenvalue weighted by Gasteiger charge is -2.29. The Kier molecular flexibility index (Phi) is 7.63. The fraction of sp³-hybridized carbons (Fsp3) is 0.269. The zero-order valence-corrected chi connectivity index (χ0v) is 18.4. The van der Waals surface area contributed by atoms with Crippen LogP contribution in [0.4, 0.5) is 13.2 Å². The van der Waals surface area contributed by atoms with E-state index in [2.05, 4.69) is 0 Å². The Morgan fingerprint density at radius 2 is 1.42 bits per heavy atom. The number of alkyl halides is 3. The largest absolute Gasteiger partial charge is 0.489 e. The topological polar surface area (TPSA) is 44.8 Å². The van der Waals surface area contributed by atoms with Crippen LogP contribution in [0, 0.1) is 0 Å². The average Bonchev–Trinajstić information content (AvgIpc) is 2.79. The van der Waals surface area contributed by atoms with Crippen LogP contribution in [-0.2, 0) is 28.7 Å². The van der Waals surface area contributed by atoms with Crippen molar-refractivity contribution in [3.8, 4) is 11.5 Å². The molecule has 0 bridgehead atoms. The highest BCUT2D eigenvalue weighted by molar-refractivity contribution is 5.80. The maximum Gasteiger partial charge on any atom is 0.416 e. The predicted molar refractivity (Wildman–Crippen MR) is 118 cm³/mol. The zero-order chi connectivity index (χ0) is 23.9. The normalized spacial score (nSPS) is 13.1. The first-order valence-electron chi connectivity index (χ1n) is 10.5. The second-order valence-electron chi connectivity index (χ2n) is 7.67. The van der Waals surface area contributed by atoms with Crippen LogP contribution in [-0.4, -0.2) is 18.2 Å². The fourth-order valence-electron chi connectivity index (χ4n) is 3.24. The van der Waals surface area contributed by atoms with Crippen LogP contribution in [0.25, 0.3) is 0 Å². The molecular weight excluding hydrogens is 433 g/mol. The first-order valence-corrected chi connectivity index (χ1v) is 10.5. The molecule has 0 amide bonds. The predicted octanol–water partition coefficient (Wildman–Crippen LogP) is 6.23. The van der Waals surface area contributed by atoms with Gasteiger partial charge in [0.05, 0.1) is 12.2 Å². The molecule has 33 heavy (non-hydrogen) atoms. The van der Waals surface area contributed by atoms with Crippen molar-refractivity contribution >= 4 is 5.97 Å². The van der Waals surface area contributed by atoms with E-state index in [0.29, 0.717) is 12.4 Å². The molecule has 3 aromatic carbocycles. The highest BCUT2D eigenvalue weighted by Crippen LogP contribution is 2.32. The number of esters is 1. The summed E-state index contributed by atoms with van der Waals surface area (Å²) in [4.78, 5) is 12.7. The quantitative estimate of drug-likeness (QED) is 0.357. The van der Waals surface area contributed by atoms with Gasteiger partial charge >= 0.3 is 12.1 Å². The van der Waals surface area contributed by atoms with Crippen LogP contribution in [0.2, 0.25) is 0 Å². The third-order valence-electron chi connectivity index (χ3n) is 4.95. The van der Waals surface area contributed by atoms with Crippen molar-refractivity contribution < 1.29 is 32.2 Å². The third kappa shape index (κ3) is 6.75. The second kappa shape index (κ2) is 10.4. The van der Waals surface area contributed by atoms with E-state index in [1.807, 2.05) is 42.5 Å². The van der Waals surface area contributed by atoms with Crippen LogP contribution >= 0.6 is 0 Å². The monoisotopic (exact) mass is 458 g/mol. The van der Waals surface area contributed by atoms with Crippen molar-refractivity contribution in [1.82, 2.24) is 0 Å². The van der Waals surface area contributed by atoms with Crippen LogP contribution < -0.4 is 9.47 Å². The molecule has 0 spiro atoms. The molecule has 0 aliphatic rings. The van der Waals surface area contributed by atoms with Crippen molar-refractivity contribution in [2.75, 3.05) is 6.61 Å². The molecule has 7 heteroatoms. The summed E-state index contributed by atoms with van der Waals surface area (Å²) in [5, 5.41) is 0. The van der Waals surface area contributed by atoms with Crippen molar-refractivity contribution in [1.29, 1.82) is 0 Å². The minimum atomic E-state index is -4.45. The molecule has 0 aliphatic heterocycles. The summed E-state index contributed by atoms with van der Waals surface area (Å²) in [7, 11) is 0. The number of carbonyl (C=O) groups is 1. The van der Waals surface area contributed by atoms with Crippen molar-refractivity contribution in [2.45, 2.75) is 38.7 Å². The molecule has 1 unspecified atom stereocenters. The lowest BCUT2D eigenvalue weighted by molar-refractivity contribution is -0.160. The lowest BCUT2D eigenvalue weighted by atomic mass is 9.96. The number of benzene rings is 3. The van der Waals surface area contributed by atoms with Crippen molar-refractivity contribution in [3.05, 3.63) is 95.6 Å². The highest BCUT2D eigenvalue weighted by atomic mass is 19.4. The maximum absolute atomic E-state index is 12.8. The Bertz CT molecular complexity index is 1030. The molecule has 1 atom stereocenters. The summed E-state index contributed by atoms with van der Waals surface area (Å²) in [5.74, 6) is 0.208. The molecule has 0 aromatic heterocycles. The van der Waals surface area contributed by atoms with Crippen LogP contribution in [0.15, 0.2) is 78.9 Å². The molecular formula is C26H25F3O4. The van der Waals surface area contributed by atoms with E-state index >= 15 is 0 Å². The Hall–Kier alpha value is -3.48. The van der Waals surface area contributed by atoms with Gasteiger partial charge in [-0.05, 0) is 61.4 Å². The molecule has 0 saturated heterocycles. The van der Waals surface area contributed by atoms with Gasteiger partial charge in [0.1, 0.15) is 18.1 Å². The number of halogens is 3. The van der Waals surface area contributed by atoms with Crippen LogP contribution in [0.3, 0.4) is 0 Å². The molecule has 4 nitrogen and oxygen atoms in total. The number of rotatable bonds is 9. The second-order valence-corrected chi connectivity index (χ2v) is 7.67. The molecule has 0 fully saturated rings. The van der Waals surface area contributed by atoms with Gasteiger partial charge < -0.3 is 14.2 Å². The number of ether oxygens (including phenoxy) is 3. The smallest absolute Gasteiger partial charge is 0.416 e. The van der Waals surface area contributed by atoms with Crippen molar-refractivity contribution in [3.63, 3.8) is 0 Å². The number of hydrogen-bond donors (Lipinski definition) is 0. The van der Waals surface area contributed by atoms with E-state index in [0.717, 1.165) is 23.3 Å². The van der Waals surface area contributed by atoms with Gasteiger partial charge in [-0.1, -0.05) is 42.5 Å². The van der Waals surface area contributed by atoms with E-state index < -0.39 is 23.3 Å². The minimum Gasteiger partial charge on any atom is -0.489 e. The Balaban J connectivity index is 1.72. The molecule has 0 N–H and O–H groups in total. The maximum atomic E-state index is 12.8. The summed E-state index contributed by atoms with van der Waals surface area (Å²) < 4.78 is 55.3. The van der Waals surface area contributed by atoms with E-state index in [-0.39, 0.29) is 18.8 Å². The molecule has 3 rings (SSSR count). The Labute approximate surface area is 190 Å². The summed E-state index contributed by atoms with van der Waals surface area (Å²) in [5.41, 5.74) is -0.396. The Morgan fingerprint density at radius 1 is 0.818 bits per heavy atom. The van der Waals surface area contributed by atoms with E-state index in [4.69, 9.17) is 14.2 Å². The fourth-order valence-corrected chi connectivity index (χ4v) is 3.24. The van der Waals surface area contributed by atoms with Gasteiger partial charge in [-0.15, -0.1) is 0 Å². The number of carbonyl (C=O) groups excluding carboxylic acids is 1. The zero-order valence-electron chi connectivity index (χ0n) is 18.4. The molecule has 0 heterocycles. The average molecular weight is 458 g/mol. The van der Waals surface area contributed by atoms with Gasteiger partial charge in [-0.2, -0.15) is 13.2 Å². The molecule has 0 aliphatic carbocycles. The van der Waals surface area contributed by atoms with Gasteiger partial charge in [0.25, 0.3) is 0 Å². The molecule has 0 radical (unpaired) electrons.